The summed E-state index contributed by atoms with van der Waals surface area (Å²) in [7, 11) is 1.51. The highest BCUT2D eigenvalue weighted by molar-refractivity contribution is 5.76. The molecule has 0 aromatic heterocycles. The molecule has 3 atom stereocenters. The highest BCUT2D eigenvalue weighted by Gasteiger charge is 2.36. The van der Waals surface area contributed by atoms with Crippen molar-refractivity contribution >= 4 is 5.97 Å². The molecule has 0 unspecified atom stereocenters. The largest absolute Gasteiger partial charge is 0.489 e. The highest BCUT2D eigenvalue weighted by Crippen LogP contribution is 2.47. The van der Waals surface area contributed by atoms with E-state index in [2.05, 4.69) is 0 Å². The third kappa shape index (κ3) is 10.8. The normalized spacial score (nSPS) is 14.8. The van der Waals surface area contributed by atoms with Crippen molar-refractivity contribution in [2.45, 2.75) is 45.1 Å². The molecule has 7 aromatic carbocycles. The second-order valence-electron chi connectivity index (χ2n) is 14.9. The van der Waals surface area contributed by atoms with Crippen LogP contribution in [0.15, 0.2) is 182 Å². The lowest BCUT2D eigenvalue weighted by Gasteiger charge is -2.35. The summed E-state index contributed by atoms with van der Waals surface area (Å²) < 4.78 is 44.6. The smallest absolute Gasteiger partial charge is 0.339 e. The van der Waals surface area contributed by atoms with E-state index in [1.165, 1.54) is 7.11 Å². The summed E-state index contributed by atoms with van der Waals surface area (Å²) in [5, 5.41) is 0. The number of hydrogen-bond acceptors (Lipinski definition) is 8. The third-order valence-corrected chi connectivity index (χ3v) is 10.5. The minimum Gasteiger partial charge on any atom is -0.489 e. The van der Waals surface area contributed by atoms with Crippen molar-refractivity contribution in [2.24, 2.45) is 5.92 Å². The van der Waals surface area contributed by atoms with E-state index in [-0.39, 0.29) is 12.5 Å². The summed E-state index contributed by atoms with van der Waals surface area (Å²) in [5.41, 5.74) is 6.52. The summed E-state index contributed by atoms with van der Waals surface area (Å²) in [5.74, 6) is 2.21. The number of carbonyl (C=O) groups is 1. The number of esters is 1. The molecule has 0 fully saturated rings. The summed E-state index contributed by atoms with van der Waals surface area (Å²) in [6, 6.07) is 59.1. The van der Waals surface area contributed by atoms with Crippen molar-refractivity contribution in [1.29, 1.82) is 0 Å². The Labute approximate surface area is 357 Å². The van der Waals surface area contributed by atoms with E-state index < -0.39 is 18.2 Å². The molecule has 0 saturated carbocycles. The van der Waals surface area contributed by atoms with Crippen LogP contribution in [-0.2, 0) is 47.1 Å². The van der Waals surface area contributed by atoms with Gasteiger partial charge in [0.1, 0.15) is 49.8 Å². The topological polar surface area (TPSA) is 81.7 Å². The van der Waals surface area contributed by atoms with Crippen LogP contribution in [0.4, 0.5) is 0 Å². The van der Waals surface area contributed by atoms with Crippen LogP contribution >= 0.6 is 0 Å². The maximum absolute atomic E-state index is 13.7. The van der Waals surface area contributed by atoms with Gasteiger partial charge >= 0.3 is 5.97 Å². The Morgan fingerprint density at radius 2 is 1.05 bits per heavy atom. The Morgan fingerprint density at radius 1 is 0.557 bits per heavy atom. The first-order valence-electron chi connectivity index (χ1n) is 20.5. The molecule has 1 aliphatic heterocycles. The molecule has 0 bridgehead atoms. The zero-order valence-corrected chi connectivity index (χ0v) is 34.1. The van der Waals surface area contributed by atoms with Gasteiger partial charge in [-0.25, -0.2) is 4.79 Å². The first-order chi connectivity index (χ1) is 30.1. The van der Waals surface area contributed by atoms with Crippen molar-refractivity contribution < 1.29 is 38.0 Å². The zero-order chi connectivity index (χ0) is 41.6. The molecule has 0 N–H and O–H groups in total. The maximum Gasteiger partial charge on any atom is 0.339 e. The molecule has 61 heavy (non-hydrogen) atoms. The molecule has 8 heteroatoms. The fourth-order valence-electron chi connectivity index (χ4n) is 7.34. The van der Waals surface area contributed by atoms with E-state index in [1.54, 1.807) is 0 Å². The highest BCUT2D eigenvalue weighted by atomic mass is 16.6. The number of rotatable bonds is 18. The van der Waals surface area contributed by atoms with Gasteiger partial charge in [0.25, 0.3) is 0 Å². The van der Waals surface area contributed by atoms with E-state index in [1.807, 2.05) is 182 Å². The monoisotopic (exact) mass is 812 g/mol. The third-order valence-electron chi connectivity index (χ3n) is 10.5. The molecule has 7 aromatic rings. The van der Waals surface area contributed by atoms with Crippen LogP contribution in [0.3, 0.4) is 0 Å². The van der Waals surface area contributed by atoms with Gasteiger partial charge in [0, 0.05) is 30.7 Å². The fourth-order valence-corrected chi connectivity index (χ4v) is 7.34. The van der Waals surface area contributed by atoms with Crippen LogP contribution in [0.25, 0.3) is 0 Å². The van der Waals surface area contributed by atoms with Gasteiger partial charge in [-0.05, 0) is 51.9 Å². The van der Waals surface area contributed by atoms with Gasteiger partial charge in [0.05, 0.1) is 6.61 Å². The minimum atomic E-state index is -0.885. The summed E-state index contributed by atoms with van der Waals surface area (Å²) in [6.45, 7) is 1.47. The quantitative estimate of drug-likeness (QED) is 0.0793. The molecule has 8 nitrogen and oxygen atoms in total. The zero-order valence-electron chi connectivity index (χ0n) is 34.1. The molecule has 1 heterocycles. The Bertz CT molecular complexity index is 2440. The minimum absolute atomic E-state index is 0.0481. The predicted molar refractivity (Wildman–Crippen MR) is 234 cm³/mol. The molecular weight excluding hydrogens is 765 g/mol. The lowest BCUT2D eigenvalue weighted by molar-refractivity contribution is -0.158. The van der Waals surface area contributed by atoms with Crippen molar-refractivity contribution in [1.82, 2.24) is 0 Å². The van der Waals surface area contributed by atoms with Crippen LogP contribution in [0.5, 0.6) is 28.7 Å². The summed E-state index contributed by atoms with van der Waals surface area (Å²) in [6.07, 6.45) is -0.970. The number of fused-ring (bicyclic) bond motifs is 1. The fraction of sp³-hybridized carbons (Fsp3) is 0.189. The summed E-state index contributed by atoms with van der Waals surface area (Å²) >= 11 is 0. The van der Waals surface area contributed by atoms with Gasteiger partial charge in [-0.2, -0.15) is 0 Å². The Balaban J connectivity index is 1.14. The van der Waals surface area contributed by atoms with E-state index in [9.17, 15) is 4.79 Å². The predicted octanol–water partition coefficient (Wildman–Crippen LogP) is 11.2. The van der Waals surface area contributed by atoms with E-state index in [0.29, 0.717) is 67.2 Å². The van der Waals surface area contributed by atoms with E-state index >= 15 is 0 Å². The average Bonchev–Trinajstić information content (AvgIpc) is 3.32. The van der Waals surface area contributed by atoms with Gasteiger partial charge in [-0.15, -0.1) is 0 Å². The number of methoxy groups -OCH3 is 1. The Kier molecular flexibility index (Phi) is 13.5. The van der Waals surface area contributed by atoms with Crippen LogP contribution in [0, 0.1) is 5.92 Å². The number of benzene rings is 7. The molecule has 1 aliphatic rings. The van der Waals surface area contributed by atoms with Gasteiger partial charge < -0.3 is 33.2 Å². The van der Waals surface area contributed by atoms with Crippen molar-refractivity contribution in [2.75, 3.05) is 13.7 Å². The lowest BCUT2D eigenvalue weighted by atomic mass is 9.86. The Hall–Kier alpha value is -7.03. The maximum atomic E-state index is 13.7. The number of carbonyl (C=O) groups excluding carboxylic acids is 1. The van der Waals surface area contributed by atoms with Gasteiger partial charge in [0.15, 0.2) is 17.6 Å². The molecular formula is C53H48O8. The average molecular weight is 813 g/mol. The number of ether oxygens (including phenoxy) is 7. The Morgan fingerprint density at radius 3 is 1.59 bits per heavy atom. The molecule has 8 rings (SSSR count). The van der Waals surface area contributed by atoms with Crippen molar-refractivity contribution in [3.05, 3.63) is 221 Å². The van der Waals surface area contributed by atoms with E-state index in [0.717, 1.165) is 33.4 Å². The first-order valence-corrected chi connectivity index (χ1v) is 20.5. The molecule has 0 spiro atoms. The van der Waals surface area contributed by atoms with Gasteiger partial charge in [0.2, 0.25) is 0 Å². The SMILES string of the molecule is CO[C@@H](C(=O)OC[C@H]1Cc2c(OCc3ccccc3)cc(OCc3ccccc3)cc2O[C@H]1c1ccc(OCc2ccccc2)c(OCc2ccccc2)c1)c1ccccc1. The van der Waals surface area contributed by atoms with Crippen molar-refractivity contribution in [3.63, 3.8) is 0 Å². The van der Waals surface area contributed by atoms with Crippen LogP contribution in [0.1, 0.15) is 51.2 Å². The van der Waals surface area contributed by atoms with Crippen LogP contribution in [-0.4, -0.2) is 19.7 Å². The van der Waals surface area contributed by atoms with Crippen LogP contribution in [0.2, 0.25) is 0 Å². The lowest BCUT2D eigenvalue weighted by Crippen LogP contribution is -2.32. The summed E-state index contributed by atoms with van der Waals surface area (Å²) in [4.78, 5) is 13.7. The molecule has 0 radical (unpaired) electrons. The van der Waals surface area contributed by atoms with Crippen LogP contribution < -0.4 is 23.7 Å². The second-order valence-corrected chi connectivity index (χ2v) is 14.9. The first kappa shape index (κ1) is 40.7. The molecule has 0 amide bonds. The van der Waals surface area contributed by atoms with E-state index in [4.69, 9.17) is 33.2 Å². The van der Waals surface area contributed by atoms with Gasteiger partial charge in [-0.1, -0.05) is 158 Å². The molecule has 308 valence electrons. The standard InChI is InChI=1S/C53H48O8/c1-55-52(42-25-15-6-16-26-42)53(54)60-37-44-29-46-48(58-35-40-21-11-4-12-22-40)31-45(56-33-38-17-7-2-8-18-38)32-49(46)61-51(44)43-27-28-47(57-34-39-19-9-3-10-20-39)50(30-43)59-36-41-23-13-5-14-24-41/h2-28,30-32,44,51-52H,29,33-37H2,1H3/t44-,51+,52-/m1/s1. The second kappa shape index (κ2) is 20.3. The van der Waals surface area contributed by atoms with Crippen molar-refractivity contribution in [3.8, 4) is 28.7 Å². The molecule has 0 saturated heterocycles. The molecule has 0 aliphatic carbocycles. The number of hydrogen-bond donors (Lipinski definition) is 0. The van der Waals surface area contributed by atoms with Gasteiger partial charge in [-0.3, -0.25) is 0 Å².